The lowest BCUT2D eigenvalue weighted by molar-refractivity contribution is -0.00809. The molecule has 2 atom stereocenters. The van der Waals surface area contributed by atoms with Crippen LogP contribution in [0.2, 0.25) is 5.15 Å². The van der Waals surface area contributed by atoms with Gasteiger partial charge in [-0.1, -0.05) is 11.6 Å². The summed E-state index contributed by atoms with van der Waals surface area (Å²) in [6, 6.07) is 0.418. The molecular weight excluding hydrogens is 274 g/mol. The van der Waals surface area contributed by atoms with E-state index in [9.17, 15) is 0 Å². The fraction of sp³-hybridized carbons (Fsp3) is 0.800. The largest absolute Gasteiger partial charge is 0.377 e. The van der Waals surface area contributed by atoms with Gasteiger partial charge >= 0.3 is 0 Å². The fourth-order valence-electron chi connectivity index (χ4n) is 3.61. The molecule has 3 rings (SSSR count). The first-order chi connectivity index (χ1) is 9.66. The molecule has 2 aliphatic heterocycles. The van der Waals surface area contributed by atoms with E-state index in [2.05, 4.69) is 16.9 Å². The van der Waals surface area contributed by atoms with E-state index in [4.69, 9.17) is 16.3 Å². The molecule has 2 saturated heterocycles. The van der Waals surface area contributed by atoms with Crippen molar-refractivity contribution in [1.82, 2.24) is 14.7 Å². The summed E-state index contributed by atoms with van der Waals surface area (Å²) < 4.78 is 7.69. The molecule has 2 aliphatic rings. The Hall–Kier alpha value is -0.580. The molecule has 4 nitrogen and oxygen atoms in total. The van der Waals surface area contributed by atoms with Crippen LogP contribution >= 0.6 is 11.6 Å². The first kappa shape index (κ1) is 14.4. The molecule has 0 unspecified atom stereocenters. The predicted octanol–water partition coefficient (Wildman–Crippen LogP) is 3.09. The van der Waals surface area contributed by atoms with Crippen molar-refractivity contribution in [3.8, 4) is 0 Å². The maximum atomic E-state index is 6.44. The number of aromatic nitrogens is 2. The number of hydrogen-bond acceptors (Lipinski definition) is 3. The van der Waals surface area contributed by atoms with E-state index in [0.29, 0.717) is 12.1 Å². The molecule has 112 valence electrons. The average molecular weight is 298 g/mol. The van der Waals surface area contributed by atoms with E-state index >= 15 is 0 Å². The number of ether oxygens (including phenoxy) is 1. The van der Waals surface area contributed by atoms with Gasteiger partial charge in [0.2, 0.25) is 0 Å². The minimum absolute atomic E-state index is 0.403. The third kappa shape index (κ3) is 2.74. The van der Waals surface area contributed by atoms with E-state index in [1.54, 1.807) is 4.68 Å². The van der Waals surface area contributed by atoms with Gasteiger partial charge in [0.05, 0.1) is 11.8 Å². The van der Waals surface area contributed by atoms with Crippen molar-refractivity contribution in [2.24, 2.45) is 7.05 Å². The van der Waals surface area contributed by atoms with Crippen LogP contribution in [0.3, 0.4) is 0 Å². The highest BCUT2D eigenvalue weighted by molar-refractivity contribution is 6.30. The fourth-order valence-corrected chi connectivity index (χ4v) is 3.91. The van der Waals surface area contributed by atoms with Crippen molar-refractivity contribution in [2.45, 2.75) is 51.2 Å². The number of nitrogens with zero attached hydrogens (tertiary/aromatic N) is 3. The van der Waals surface area contributed by atoms with Gasteiger partial charge in [0.1, 0.15) is 5.15 Å². The molecule has 0 amide bonds. The first-order valence-electron chi connectivity index (χ1n) is 7.71. The Kier molecular flexibility index (Phi) is 4.34. The third-order valence-electron chi connectivity index (χ3n) is 4.61. The molecule has 20 heavy (non-hydrogen) atoms. The standard InChI is InChI=1S/C15H24ClN3O/c1-11-14(15(16)18(2)17-11)13-7-5-8-19(13)10-12-6-3-4-9-20-12/h12-13H,3-10H2,1-2H3/t12-,13-/m1/s1. The second-order valence-electron chi connectivity index (χ2n) is 6.06. The Bertz CT molecular complexity index is 468. The van der Waals surface area contributed by atoms with Crippen molar-refractivity contribution < 1.29 is 4.74 Å². The highest BCUT2D eigenvalue weighted by atomic mass is 35.5. The van der Waals surface area contributed by atoms with Crippen molar-refractivity contribution in [3.63, 3.8) is 0 Å². The van der Waals surface area contributed by atoms with Gasteiger partial charge < -0.3 is 4.74 Å². The van der Waals surface area contributed by atoms with Crippen LogP contribution in [0.5, 0.6) is 0 Å². The van der Waals surface area contributed by atoms with Crippen molar-refractivity contribution in [3.05, 3.63) is 16.4 Å². The zero-order valence-electron chi connectivity index (χ0n) is 12.4. The normalized spacial score (nSPS) is 28.1. The second kappa shape index (κ2) is 6.04. The number of rotatable bonds is 3. The number of aryl methyl sites for hydroxylation is 2. The van der Waals surface area contributed by atoms with Crippen molar-refractivity contribution >= 4 is 11.6 Å². The van der Waals surface area contributed by atoms with Crippen LogP contribution in [0.1, 0.15) is 49.4 Å². The molecule has 0 radical (unpaired) electrons. The minimum atomic E-state index is 0.403. The van der Waals surface area contributed by atoms with Gasteiger partial charge in [-0.25, -0.2) is 0 Å². The Morgan fingerprint density at radius 3 is 2.80 bits per heavy atom. The molecule has 0 aromatic carbocycles. The molecule has 0 N–H and O–H groups in total. The molecule has 5 heteroatoms. The van der Waals surface area contributed by atoms with Crippen LogP contribution < -0.4 is 0 Å². The SMILES string of the molecule is Cc1nn(C)c(Cl)c1[C@H]1CCCN1C[C@H]1CCCCO1. The van der Waals surface area contributed by atoms with Crippen molar-refractivity contribution in [1.29, 1.82) is 0 Å². The van der Waals surface area contributed by atoms with Crippen LogP contribution in [0.15, 0.2) is 0 Å². The van der Waals surface area contributed by atoms with Crippen LogP contribution in [0.4, 0.5) is 0 Å². The van der Waals surface area contributed by atoms with E-state index in [-0.39, 0.29) is 0 Å². The van der Waals surface area contributed by atoms with E-state index < -0.39 is 0 Å². The topological polar surface area (TPSA) is 30.3 Å². The third-order valence-corrected chi connectivity index (χ3v) is 5.05. The second-order valence-corrected chi connectivity index (χ2v) is 6.41. The van der Waals surface area contributed by atoms with Gasteiger partial charge in [0.15, 0.2) is 0 Å². The minimum Gasteiger partial charge on any atom is -0.377 e. The Labute approximate surface area is 126 Å². The molecule has 0 aliphatic carbocycles. The van der Waals surface area contributed by atoms with E-state index in [0.717, 1.165) is 30.5 Å². The van der Waals surface area contributed by atoms with Crippen LogP contribution in [0.25, 0.3) is 0 Å². The van der Waals surface area contributed by atoms with Gasteiger partial charge in [-0.3, -0.25) is 9.58 Å². The highest BCUT2D eigenvalue weighted by Gasteiger charge is 2.32. The smallest absolute Gasteiger partial charge is 0.131 e. The number of likely N-dealkylation sites (tertiary alicyclic amines) is 1. The zero-order chi connectivity index (χ0) is 14.1. The quantitative estimate of drug-likeness (QED) is 0.859. The van der Waals surface area contributed by atoms with Crippen LogP contribution in [0, 0.1) is 6.92 Å². The summed E-state index contributed by atoms with van der Waals surface area (Å²) in [5.74, 6) is 0. The Balaban J connectivity index is 1.74. The average Bonchev–Trinajstić information content (AvgIpc) is 2.97. The number of halogens is 1. The molecule has 3 heterocycles. The maximum absolute atomic E-state index is 6.44. The summed E-state index contributed by atoms with van der Waals surface area (Å²) in [7, 11) is 1.92. The molecule has 1 aromatic heterocycles. The van der Waals surface area contributed by atoms with Gasteiger partial charge in [-0.05, 0) is 45.6 Å². The van der Waals surface area contributed by atoms with Crippen LogP contribution in [-0.2, 0) is 11.8 Å². The van der Waals surface area contributed by atoms with E-state index in [1.807, 2.05) is 7.05 Å². The van der Waals surface area contributed by atoms with Crippen molar-refractivity contribution in [2.75, 3.05) is 19.7 Å². The lowest BCUT2D eigenvalue weighted by Gasteiger charge is -2.31. The van der Waals surface area contributed by atoms with Gasteiger partial charge in [0, 0.05) is 31.8 Å². The highest BCUT2D eigenvalue weighted by Crippen LogP contribution is 2.37. The summed E-state index contributed by atoms with van der Waals surface area (Å²) in [6.45, 7) is 5.18. The summed E-state index contributed by atoms with van der Waals surface area (Å²) in [5.41, 5.74) is 2.29. The molecule has 0 saturated carbocycles. The summed E-state index contributed by atoms with van der Waals surface area (Å²) >= 11 is 6.44. The first-order valence-corrected chi connectivity index (χ1v) is 8.09. The molecule has 0 bridgehead atoms. The molecular formula is C15H24ClN3O. The Morgan fingerprint density at radius 2 is 2.15 bits per heavy atom. The summed E-state index contributed by atoms with van der Waals surface area (Å²) in [5, 5.41) is 5.26. The van der Waals surface area contributed by atoms with Gasteiger partial charge in [-0.2, -0.15) is 5.10 Å². The maximum Gasteiger partial charge on any atom is 0.131 e. The zero-order valence-corrected chi connectivity index (χ0v) is 13.2. The molecule has 1 aromatic rings. The monoisotopic (exact) mass is 297 g/mol. The molecule has 0 spiro atoms. The predicted molar refractivity (Wildman–Crippen MR) is 80.1 cm³/mol. The van der Waals surface area contributed by atoms with Gasteiger partial charge in [0.25, 0.3) is 0 Å². The van der Waals surface area contributed by atoms with Gasteiger partial charge in [-0.15, -0.1) is 0 Å². The Morgan fingerprint density at radius 1 is 1.30 bits per heavy atom. The van der Waals surface area contributed by atoms with Crippen LogP contribution in [-0.4, -0.2) is 40.5 Å². The summed E-state index contributed by atoms with van der Waals surface area (Å²) in [4.78, 5) is 2.55. The lowest BCUT2D eigenvalue weighted by Crippen LogP contribution is -2.35. The van der Waals surface area contributed by atoms with E-state index in [1.165, 1.54) is 37.7 Å². The number of hydrogen-bond donors (Lipinski definition) is 0. The molecule has 2 fully saturated rings. The lowest BCUT2D eigenvalue weighted by atomic mass is 10.0. The summed E-state index contributed by atoms with van der Waals surface area (Å²) in [6.07, 6.45) is 6.54.